The van der Waals surface area contributed by atoms with Crippen molar-refractivity contribution in [1.82, 2.24) is 5.32 Å². The number of alkyl carbamates (subject to hydrolysis) is 1. The lowest BCUT2D eigenvalue weighted by molar-refractivity contribution is 0.0473. The van der Waals surface area contributed by atoms with E-state index in [1.807, 2.05) is 46.8 Å². The van der Waals surface area contributed by atoms with Crippen molar-refractivity contribution in [2.24, 2.45) is 0 Å². The summed E-state index contributed by atoms with van der Waals surface area (Å²) in [6.07, 6.45) is 4.79. The van der Waals surface area contributed by atoms with E-state index in [4.69, 9.17) is 9.84 Å². The molecule has 0 saturated heterocycles. The standard InChI is InChI=1S/C13H25NO3/c1-12(2,3)17-11(16)14-13(4,5)9-7-6-8-10-15/h6-7,15H,8-10H2,1-5H3,(H,14,16)/b7-6-. The highest BCUT2D eigenvalue weighted by Crippen LogP contribution is 2.12. The molecule has 0 aromatic carbocycles. The maximum absolute atomic E-state index is 11.6. The molecule has 0 saturated carbocycles. The summed E-state index contributed by atoms with van der Waals surface area (Å²) in [5.41, 5.74) is -0.832. The van der Waals surface area contributed by atoms with E-state index >= 15 is 0 Å². The van der Waals surface area contributed by atoms with Crippen molar-refractivity contribution in [3.8, 4) is 0 Å². The van der Waals surface area contributed by atoms with Gasteiger partial charge in [0.15, 0.2) is 0 Å². The molecule has 0 fully saturated rings. The van der Waals surface area contributed by atoms with E-state index in [0.29, 0.717) is 12.8 Å². The van der Waals surface area contributed by atoms with Crippen LogP contribution in [0.4, 0.5) is 4.79 Å². The largest absolute Gasteiger partial charge is 0.444 e. The van der Waals surface area contributed by atoms with Gasteiger partial charge in [-0.25, -0.2) is 4.79 Å². The molecule has 1 amide bonds. The number of carbonyl (C=O) groups excluding carboxylic acids is 1. The summed E-state index contributed by atoms with van der Waals surface area (Å²) in [4.78, 5) is 11.6. The molecule has 0 radical (unpaired) electrons. The molecular formula is C13H25NO3. The van der Waals surface area contributed by atoms with Gasteiger partial charge >= 0.3 is 6.09 Å². The third-order valence-electron chi connectivity index (χ3n) is 1.93. The van der Waals surface area contributed by atoms with Crippen LogP contribution >= 0.6 is 0 Å². The molecule has 0 aromatic rings. The van der Waals surface area contributed by atoms with Gasteiger partial charge in [-0.05, 0) is 47.5 Å². The Morgan fingerprint density at radius 3 is 2.29 bits per heavy atom. The minimum Gasteiger partial charge on any atom is -0.444 e. The number of carbonyl (C=O) groups is 1. The van der Waals surface area contributed by atoms with Crippen LogP contribution in [0, 0.1) is 0 Å². The van der Waals surface area contributed by atoms with Crippen LogP contribution in [0.5, 0.6) is 0 Å². The third-order valence-corrected chi connectivity index (χ3v) is 1.93. The lowest BCUT2D eigenvalue weighted by Gasteiger charge is -2.27. The van der Waals surface area contributed by atoms with Gasteiger partial charge < -0.3 is 15.2 Å². The number of ether oxygens (including phenoxy) is 1. The fourth-order valence-electron chi connectivity index (χ4n) is 1.20. The Hall–Kier alpha value is -1.03. The van der Waals surface area contributed by atoms with E-state index in [1.165, 1.54) is 0 Å². The summed E-state index contributed by atoms with van der Waals surface area (Å²) in [5.74, 6) is 0. The Morgan fingerprint density at radius 2 is 1.82 bits per heavy atom. The quantitative estimate of drug-likeness (QED) is 0.730. The molecule has 0 heterocycles. The fraction of sp³-hybridized carbons (Fsp3) is 0.769. The zero-order valence-corrected chi connectivity index (χ0v) is 11.5. The van der Waals surface area contributed by atoms with E-state index in [1.54, 1.807) is 0 Å². The van der Waals surface area contributed by atoms with Crippen LogP contribution < -0.4 is 5.32 Å². The van der Waals surface area contributed by atoms with Crippen molar-refractivity contribution in [3.05, 3.63) is 12.2 Å². The average molecular weight is 243 g/mol. The van der Waals surface area contributed by atoms with E-state index in [-0.39, 0.29) is 12.1 Å². The number of nitrogens with one attached hydrogen (secondary N) is 1. The first-order valence-corrected chi connectivity index (χ1v) is 5.93. The monoisotopic (exact) mass is 243 g/mol. The molecule has 4 nitrogen and oxygen atoms in total. The predicted octanol–water partition coefficient (Wildman–Crippen LogP) is 2.62. The topological polar surface area (TPSA) is 58.6 Å². The minimum atomic E-state index is -0.479. The fourth-order valence-corrected chi connectivity index (χ4v) is 1.20. The highest BCUT2D eigenvalue weighted by atomic mass is 16.6. The molecule has 0 atom stereocenters. The maximum atomic E-state index is 11.6. The van der Waals surface area contributed by atoms with Gasteiger partial charge in [-0.3, -0.25) is 0 Å². The molecule has 0 aliphatic heterocycles. The number of hydrogen-bond donors (Lipinski definition) is 2. The highest BCUT2D eigenvalue weighted by molar-refractivity contribution is 5.68. The van der Waals surface area contributed by atoms with Crippen molar-refractivity contribution in [2.75, 3.05) is 6.61 Å². The van der Waals surface area contributed by atoms with Crippen molar-refractivity contribution < 1.29 is 14.6 Å². The number of rotatable bonds is 5. The first-order valence-electron chi connectivity index (χ1n) is 5.93. The molecule has 0 spiro atoms. The van der Waals surface area contributed by atoms with E-state index < -0.39 is 11.7 Å². The van der Waals surface area contributed by atoms with Gasteiger partial charge in [-0.2, -0.15) is 0 Å². The Labute approximate surface area is 104 Å². The second-order valence-corrected chi connectivity index (χ2v) is 5.70. The number of aliphatic hydroxyl groups is 1. The predicted molar refractivity (Wildman–Crippen MR) is 68.9 cm³/mol. The molecule has 100 valence electrons. The zero-order valence-electron chi connectivity index (χ0n) is 11.5. The molecule has 0 unspecified atom stereocenters. The lowest BCUT2D eigenvalue weighted by Crippen LogP contribution is -2.45. The molecule has 0 bridgehead atoms. The minimum absolute atomic E-state index is 0.149. The smallest absolute Gasteiger partial charge is 0.408 e. The van der Waals surface area contributed by atoms with E-state index in [0.717, 1.165) is 0 Å². The molecule has 0 aromatic heterocycles. The van der Waals surface area contributed by atoms with Gasteiger partial charge in [0.2, 0.25) is 0 Å². The van der Waals surface area contributed by atoms with Gasteiger partial charge in [0.1, 0.15) is 5.60 Å². The van der Waals surface area contributed by atoms with Crippen LogP contribution in [0.1, 0.15) is 47.5 Å². The van der Waals surface area contributed by atoms with Crippen LogP contribution in [-0.4, -0.2) is 28.9 Å². The van der Waals surface area contributed by atoms with E-state index in [2.05, 4.69) is 5.32 Å². The summed E-state index contributed by atoms with van der Waals surface area (Å²) in [5, 5.41) is 11.4. The van der Waals surface area contributed by atoms with Crippen molar-refractivity contribution in [2.45, 2.75) is 58.6 Å². The first-order chi connectivity index (χ1) is 7.66. The normalized spacial score (nSPS) is 12.8. The summed E-state index contributed by atoms with van der Waals surface area (Å²) >= 11 is 0. The van der Waals surface area contributed by atoms with Gasteiger partial charge in [0, 0.05) is 12.1 Å². The lowest BCUT2D eigenvalue weighted by atomic mass is 10.0. The second-order valence-electron chi connectivity index (χ2n) is 5.70. The summed E-state index contributed by atoms with van der Waals surface area (Å²) < 4.78 is 5.19. The average Bonchev–Trinajstić information content (AvgIpc) is 2.08. The SMILES string of the molecule is CC(C)(C/C=C\CCO)NC(=O)OC(C)(C)C. The van der Waals surface area contributed by atoms with Crippen LogP contribution in [0.3, 0.4) is 0 Å². The zero-order chi connectivity index (χ0) is 13.5. The first kappa shape index (κ1) is 16.0. The van der Waals surface area contributed by atoms with Gasteiger partial charge in [0.25, 0.3) is 0 Å². The second kappa shape index (κ2) is 6.64. The van der Waals surface area contributed by atoms with Crippen molar-refractivity contribution >= 4 is 6.09 Å². The van der Waals surface area contributed by atoms with Crippen LogP contribution in [0.15, 0.2) is 12.2 Å². The van der Waals surface area contributed by atoms with Crippen LogP contribution in [0.2, 0.25) is 0 Å². The molecule has 0 aliphatic carbocycles. The Kier molecular flexibility index (Phi) is 6.24. The van der Waals surface area contributed by atoms with Gasteiger partial charge in [0.05, 0.1) is 0 Å². The Balaban J connectivity index is 4.11. The summed E-state index contributed by atoms with van der Waals surface area (Å²) in [6, 6.07) is 0. The molecular weight excluding hydrogens is 218 g/mol. The molecule has 17 heavy (non-hydrogen) atoms. The Morgan fingerprint density at radius 1 is 1.24 bits per heavy atom. The van der Waals surface area contributed by atoms with E-state index in [9.17, 15) is 4.79 Å². The highest BCUT2D eigenvalue weighted by Gasteiger charge is 2.23. The Bertz CT molecular complexity index is 264. The van der Waals surface area contributed by atoms with Gasteiger partial charge in [-0.1, -0.05) is 12.2 Å². The van der Waals surface area contributed by atoms with Crippen molar-refractivity contribution in [1.29, 1.82) is 0 Å². The number of aliphatic hydroxyl groups excluding tert-OH is 1. The van der Waals surface area contributed by atoms with Crippen LogP contribution in [-0.2, 0) is 4.74 Å². The van der Waals surface area contributed by atoms with Gasteiger partial charge in [-0.15, -0.1) is 0 Å². The summed E-state index contributed by atoms with van der Waals surface area (Å²) in [6.45, 7) is 9.51. The maximum Gasteiger partial charge on any atom is 0.408 e. The molecule has 2 N–H and O–H groups in total. The third kappa shape index (κ3) is 9.87. The number of hydrogen-bond acceptors (Lipinski definition) is 3. The number of amides is 1. The van der Waals surface area contributed by atoms with Crippen molar-refractivity contribution in [3.63, 3.8) is 0 Å². The van der Waals surface area contributed by atoms with Crippen LogP contribution in [0.25, 0.3) is 0 Å². The summed E-state index contributed by atoms with van der Waals surface area (Å²) in [7, 11) is 0. The molecule has 0 rings (SSSR count). The molecule has 4 heteroatoms. The molecule has 0 aliphatic rings.